The number of aryl methyl sites for hydroxylation is 1. The second-order valence-electron chi connectivity index (χ2n) is 7.61. The van der Waals surface area contributed by atoms with Gasteiger partial charge in [0, 0.05) is 27.4 Å². The number of carbonyl (C=O) groups excluding carboxylic acids is 1. The van der Waals surface area contributed by atoms with Crippen molar-refractivity contribution in [2.45, 2.75) is 17.7 Å². The lowest BCUT2D eigenvalue weighted by molar-refractivity contribution is 0.0984. The molecule has 4 rings (SSSR count). The van der Waals surface area contributed by atoms with Gasteiger partial charge in [0.05, 0.1) is 22.2 Å². The molecule has 0 aliphatic carbocycles. The number of benzene rings is 4. The first kappa shape index (κ1) is 23.8. The van der Waals surface area contributed by atoms with Gasteiger partial charge in [-0.3, -0.25) is 9.52 Å². The predicted octanol–water partition coefficient (Wildman–Crippen LogP) is 6.63. The smallest absolute Gasteiger partial charge is 0.262 e. The molecule has 5 nitrogen and oxygen atoms in total. The Hall–Kier alpha value is -3.37. The number of ketones is 1. The number of nitrogens with zero attached hydrogens (tertiary/aromatic N) is 1. The van der Waals surface area contributed by atoms with Gasteiger partial charge < -0.3 is 0 Å². The van der Waals surface area contributed by atoms with E-state index in [1.807, 2.05) is 12.1 Å². The molecular formula is C26H18Cl2N2O3S. The van der Waals surface area contributed by atoms with E-state index in [2.05, 4.69) is 10.8 Å². The number of hydrogen-bond acceptors (Lipinski definition) is 4. The van der Waals surface area contributed by atoms with Crippen LogP contribution in [0.4, 0.5) is 5.69 Å². The number of carbonyl (C=O) groups is 1. The number of sulfonamides is 1. The molecule has 0 saturated heterocycles. The summed E-state index contributed by atoms with van der Waals surface area (Å²) in [6.07, 6.45) is 0.648. The van der Waals surface area contributed by atoms with Gasteiger partial charge in [-0.25, -0.2) is 8.42 Å². The summed E-state index contributed by atoms with van der Waals surface area (Å²) in [6, 6.07) is 23.7. The zero-order valence-electron chi connectivity index (χ0n) is 17.8. The van der Waals surface area contributed by atoms with Crippen molar-refractivity contribution in [3.05, 3.63) is 106 Å². The number of nitrogens with one attached hydrogen (secondary N) is 1. The van der Waals surface area contributed by atoms with Gasteiger partial charge in [-0.2, -0.15) is 5.26 Å². The van der Waals surface area contributed by atoms with Crippen LogP contribution < -0.4 is 4.72 Å². The van der Waals surface area contributed by atoms with Gasteiger partial charge in [0.2, 0.25) is 0 Å². The van der Waals surface area contributed by atoms with Crippen LogP contribution in [-0.2, 0) is 16.4 Å². The summed E-state index contributed by atoms with van der Waals surface area (Å²) in [5, 5.41) is 10.9. The molecule has 0 saturated carbocycles. The highest BCUT2D eigenvalue weighted by Crippen LogP contribution is 2.30. The van der Waals surface area contributed by atoms with Crippen molar-refractivity contribution in [2.75, 3.05) is 4.72 Å². The summed E-state index contributed by atoms with van der Waals surface area (Å²) in [5.74, 6) is -0.0972. The Kier molecular flexibility index (Phi) is 6.90. The first-order chi connectivity index (χ1) is 16.3. The van der Waals surface area contributed by atoms with Crippen LogP contribution in [0, 0.1) is 11.3 Å². The molecule has 0 amide bonds. The summed E-state index contributed by atoms with van der Waals surface area (Å²) < 4.78 is 28.5. The number of nitriles is 1. The fourth-order valence-corrected chi connectivity index (χ4v) is 5.56. The fourth-order valence-electron chi connectivity index (χ4n) is 3.76. The Morgan fingerprint density at radius 3 is 2.29 bits per heavy atom. The fraction of sp³-hybridized carbons (Fsp3) is 0.0769. The van der Waals surface area contributed by atoms with Crippen LogP contribution in [0.25, 0.3) is 10.8 Å². The molecule has 0 aromatic heterocycles. The summed E-state index contributed by atoms with van der Waals surface area (Å²) in [4.78, 5) is 13.0. The second-order valence-corrected chi connectivity index (χ2v) is 10.2. The third-order valence-electron chi connectivity index (χ3n) is 5.37. The third-order valence-corrected chi connectivity index (χ3v) is 7.15. The first-order valence-corrected chi connectivity index (χ1v) is 12.5. The van der Waals surface area contributed by atoms with Gasteiger partial charge >= 0.3 is 0 Å². The van der Waals surface area contributed by atoms with Crippen molar-refractivity contribution in [3.8, 4) is 6.07 Å². The summed E-state index contributed by atoms with van der Waals surface area (Å²) in [5.41, 5.74) is 2.18. The molecule has 1 N–H and O–H groups in total. The number of rotatable bonds is 7. The number of halogens is 2. The van der Waals surface area contributed by atoms with Crippen LogP contribution >= 0.6 is 23.2 Å². The normalized spacial score (nSPS) is 11.2. The van der Waals surface area contributed by atoms with Gasteiger partial charge in [0.1, 0.15) is 0 Å². The van der Waals surface area contributed by atoms with Crippen molar-refractivity contribution < 1.29 is 13.2 Å². The topological polar surface area (TPSA) is 87.0 Å². The zero-order chi connectivity index (χ0) is 24.3. The molecule has 0 bridgehead atoms. The first-order valence-electron chi connectivity index (χ1n) is 10.3. The van der Waals surface area contributed by atoms with Crippen LogP contribution in [0.2, 0.25) is 10.0 Å². The Morgan fingerprint density at radius 1 is 0.882 bits per heavy atom. The molecule has 0 radical (unpaired) electrons. The van der Waals surface area contributed by atoms with Crippen molar-refractivity contribution in [3.63, 3.8) is 0 Å². The van der Waals surface area contributed by atoms with E-state index in [1.54, 1.807) is 48.5 Å². The summed E-state index contributed by atoms with van der Waals surface area (Å²) in [6.45, 7) is 0. The zero-order valence-corrected chi connectivity index (χ0v) is 20.1. The van der Waals surface area contributed by atoms with Crippen molar-refractivity contribution in [2.24, 2.45) is 0 Å². The third kappa shape index (κ3) is 5.07. The minimum Gasteiger partial charge on any atom is -0.294 e. The summed E-state index contributed by atoms with van der Waals surface area (Å²) >= 11 is 11.9. The minimum absolute atomic E-state index is 0.0645. The lowest BCUT2D eigenvalue weighted by Gasteiger charge is -2.13. The van der Waals surface area contributed by atoms with Crippen molar-refractivity contribution >= 4 is 55.5 Å². The average molecular weight is 509 g/mol. The minimum atomic E-state index is -3.97. The molecule has 0 fully saturated rings. The van der Waals surface area contributed by atoms with Gasteiger partial charge in [-0.1, -0.05) is 71.7 Å². The van der Waals surface area contributed by atoms with Crippen LogP contribution in [0.5, 0.6) is 0 Å². The Bertz CT molecular complexity index is 1540. The molecular weight excluding hydrogens is 491 g/mol. The second kappa shape index (κ2) is 9.86. The van der Waals surface area contributed by atoms with Crippen molar-refractivity contribution in [1.82, 2.24) is 0 Å². The van der Waals surface area contributed by atoms with E-state index >= 15 is 0 Å². The number of anilines is 1. The molecule has 0 heterocycles. The van der Waals surface area contributed by atoms with E-state index in [0.717, 1.165) is 5.56 Å². The highest BCUT2D eigenvalue weighted by molar-refractivity contribution is 7.92. The van der Waals surface area contributed by atoms with Crippen LogP contribution in [0.15, 0.2) is 83.8 Å². The Morgan fingerprint density at radius 2 is 1.56 bits per heavy atom. The standard InChI is InChI=1S/C26H18Cl2N2O3S/c27-19-13-20(28)15-21(14-19)34(32,33)30-25-10-4-7-22-23(25)8-3-9-24(22)26(31)12-11-17-5-1-2-6-18(17)16-29/h1-10,13-15,30H,11-12H2. The molecule has 4 aromatic carbocycles. The summed E-state index contributed by atoms with van der Waals surface area (Å²) in [7, 11) is -3.97. The molecule has 0 aliphatic heterocycles. The highest BCUT2D eigenvalue weighted by Gasteiger charge is 2.19. The van der Waals surface area contributed by atoms with E-state index in [9.17, 15) is 18.5 Å². The van der Waals surface area contributed by atoms with E-state index in [-0.39, 0.29) is 27.1 Å². The Labute approximate surface area is 207 Å². The van der Waals surface area contributed by atoms with Crippen LogP contribution in [0.1, 0.15) is 27.9 Å². The van der Waals surface area contributed by atoms with Gasteiger partial charge in [-0.05, 0) is 47.7 Å². The molecule has 0 atom stereocenters. The lowest BCUT2D eigenvalue weighted by Crippen LogP contribution is -2.13. The van der Waals surface area contributed by atoms with Gasteiger partial charge in [-0.15, -0.1) is 0 Å². The number of fused-ring (bicyclic) bond motifs is 1. The highest BCUT2D eigenvalue weighted by atomic mass is 35.5. The number of Topliss-reactive ketones (excluding diaryl/α,β-unsaturated/α-hetero) is 1. The maximum Gasteiger partial charge on any atom is 0.262 e. The monoisotopic (exact) mass is 508 g/mol. The largest absolute Gasteiger partial charge is 0.294 e. The van der Waals surface area contributed by atoms with E-state index < -0.39 is 10.0 Å². The quantitative estimate of drug-likeness (QED) is 0.283. The average Bonchev–Trinajstić information content (AvgIpc) is 2.81. The number of hydrogen-bond donors (Lipinski definition) is 1. The SMILES string of the molecule is N#Cc1ccccc1CCC(=O)c1cccc2c(NS(=O)(=O)c3cc(Cl)cc(Cl)c3)cccc12. The molecule has 0 unspecified atom stereocenters. The molecule has 170 valence electrons. The van der Waals surface area contributed by atoms with Gasteiger partial charge in [0.15, 0.2) is 5.78 Å². The van der Waals surface area contributed by atoms with Crippen molar-refractivity contribution in [1.29, 1.82) is 5.26 Å². The van der Waals surface area contributed by atoms with Gasteiger partial charge in [0.25, 0.3) is 10.0 Å². The van der Waals surface area contributed by atoms with E-state index in [4.69, 9.17) is 23.2 Å². The predicted molar refractivity (Wildman–Crippen MR) is 135 cm³/mol. The van der Waals surface area contributed by atoms with Crippen LogP contribution in [0.3, 0.4) is 0 Å². The van der Waals surface area contributed by atoms with Crippen LogP contribution in [-0.4, -0.2) is 14.2 Å². The van der Waals surface area contributed by atoms with E-state index in [1.165, 1.54) is 18.2 Å². The lowest BCUT2D eigenvalue weighted by atomic mass is 9.96. The van der Waals surface area contributed by atoms with E-state index in [0.29, 0.717) is 34.0 Å². The maximum absolute atomic E-state index is 13.1. The Balaban J connectivity index is 1.65. The molecule has 0 aliphatic rings. The molecule has 8 heteroatoms. The molecule has 4 aromatic rings. The maximum atomic E-state index is 13.1. The molecule has 34 heavy (non-hydrogen) atoms. The molecule has 0 spiro atoms.